The summed E-state index contributed by atoms with van der Waals surface area (Å²) in [4.78, 5) is 12.7. The second-order valence-corrected chi connectivity index (χ2v) is 6.31. The number of halogens is 4. The molecule has 94 valence electrons. The van der Waals surface area contributed by atoms with E-state index in [4.69, 9.17) is 10.7 Å². The Bertz CT molecular complexity index is 580. The van der Waals surface area contributed by atoms with Crippen molar-refractivity contribution in [3.8, 4) is 0 Å². The van der Waals surface area contributed by atoms with Gasteiger partial charge in [-0.05, 0) is 22.6 Å². The molecule has 0 unspecified atom stereocenters. The predicted octanol–water partition coefficient (Wildman–Crippen LogP) is 2.46. The minimum absolute atomic E-state index is 0.202. The van der Waals surface area contributed by atoms with Crippen LogP contribution < -0.4 is 0 Å². The molecule has 0 atom stereocenters. The van der Waals surface area contributed by atoms with Gasteiger partial charge in [0.15, 0.2) is 5.03 Å². The number of pyridine rings is 1. The normalized spacial score (nSPS) is 11.8. The number of hydrogen-bond acceptors (Lipinski definition) is 5. The smallest absolute Gasteiger partial charge is 0.258 e. The van der Waals surface area contributed by atoms with Crippen LogP contribution in [0.4, 0.5) is 14.5 Å². The van der Waals surface area contributed by atoms with Gasteiger partial charge in [0.2, 0.25) is 0 Å². The molecule has 0 aromatic carbocycles. The number of alkyl halides is 2. The quantitative estimate of drug-likeness (QED) is 0.338. The summed E-state index contributed by atoms with van der Waals surface area (Å²) in [6.45, 7) is 0. The molecule has 11 heteroatoms. The van der Waals surface area contributed by atoms with Gasteiger partial charge in [-0.3, -0.25) is 10.1 Å². The second kappa shape index (κ2) is 4.94. The molecule has 1 aromatic rings. The number of aromatic nitrogens is 1. The summed E-state index contributed by atoms with van der Waals surface area (Å²) in [7, 11) is 0.310. The zero-order valence-corrected chi connectivity index (χ0v) is 11.3. The molecule has 0 radical (unpaired) electrons. The summed E-state index contributed by atoms with van der Waals surface area (Å²) in [6.07, 6.45) is -2.58. The lowest BCUT2D eigenvalue weighted by molar-refractivity contribution is -0.387. The first-order valence-electron chi connectivity index (χ1n) is 3.72. The van der Waals surface area contributed by atoms with Crippen LogP contribution in [-0.2, 0) is 9.05 Å². The summed E-state index contributed by atoms with van der Waals surface area (Å²) >= 11 is 1.40. The van der Waals surface area contributed by atoms with Gasteiger partial charge in [-0.2, -0.15) is 0 Å². The minimum Gasteiger partial charge on any atom is -0.258 e. The molecular weight excluding hydrogens is 396 g/mol. The zero-order valence-electron chi connectivity index (χ0n) is 7.60. The van der Waals surface area contributed by atoms with Gasteiger partial charge in [0.05, 0.1) is 4.92 Å². The van der Waals surface area contributed by atoms with E-state index in [-0.39, 0.29) is 3.57 Å². The molecular formula is C6H2ClF2IN2O4S. The lowest BCUT2D eigenvalue weighted by atomic mass is 10.2. The summed E-state index contributed by atoms with van der Waals surface area (Å²) in [5, 5.41) is 9.43. The number of nitrogens with zero attached hydrogens (tertiary/aromatic N) is 2. The van der Waals surface area contributed by atoms with Crippen LogP contribution in [0.25, 0.3) is 0 Å². The Hall–Kier alpha value is -0.620. The Balaban J connectivity index is 3.78. The van der Waals surface area contributed by atoms with Crippen LogP contribution in [-0.4, -0.2) is 18.3 Å². The van der Waals surface area contributed by atoms with Crippen molar-refractivity contribution < 1.29 is 22.1 Å². The van der Waals surface area contributed by atoms with Crippen molar-refractivity contribution in [3.05, 3.63) is 25.4 Å². The van der Waals surface area contributed by atoms with E-state index in [2.05, 4.69) is 4.98 Å². The molecule has 0 saturated carbocycles. The van der Waals surface area contributed by atoms with E-state index in [9.17, 15) is 27.3 Å². The summed E-state index contributed by atoms with van der Waals surface area (Å²) in [6, 6.07) is 0. The van der Waals surface area contributed by atoms with Crippen molar-refractivity contribution in [3.63, 3.8) is 0 Å². The van der Waals surface area contributed by atoms with E-state index in [0.717, 1.165) is 6.20 Å². The molecule has 0 aliphatic carbocycles. The third-order valence-corrected chi connectivity index (χ3v) is 3.65. The third kappa shape index (κ3) is 2.98. The molecule has 0 amide bonds. The molecule has 0 bridgehead atoms. The molecule has 1 rings (SSSR count). The maximum Gasteiger partial charge on any atom is 0.296 e. The maximum absolute atomic E-state index is 12.7. The van der Waals surface area contributed by atoms with Crippen molar-refractivity contribution in [1.82, 2.24) is 4.98 Å². The molecule has 1 heterocycles. The van der Waals surface area contributed by atoms with Crippen LogP contribution in [0.2, 0.25) is 0 Å². The average Bonchev–Trinajstić information content (AvgIpc) is 2.14. The van der Waals surface area contributed by atoms with Gasteiger partial charge < -0.3 is 0 Å². The predicted molar refractivity (Wildman–Crippen MR) is 61.6 cm³/mol. The fourth-order valence-electron chi connectivity index (χ4n) is 1.05. The van der Waals surface area contributed by atoms with Crippen molar-refractivity contribution in [1.29, 1.82) is 0 Å². The molecule has 0 spiro atoms. The molecule has 0 aliphatic heterocycles. The minimum atomic E-state index is -4.58. The van der Waals surface area contributed by atoms with Crippen LogP contribution in [0.15, 0.2) is 11.2 Å². The van der Waals surface area contributed by atoms with Crippen molar-refractivity contribution in [2.24, 2.45) is 0 Å². The van der Waals surface area contributed by atoms with Crippen molar-refractivity contribution in [2.45, 2.75) is 11.5 Å². The van der Waals surface area contributed by atoms with Crippen LogP contribution >= 0.6 is 33.3 Å². The SMILES string of the molecule is O=[N+]([O-])c1c(I)cnc(S(=O)(=O)Cl)c1C(F)F. The maximum atomic E-state index is 12.7. The van der Waals surface area contributed by atoms with E-state index in [1.807, 2.05) is 0 Å². The van der Waals surface area contributed by atoms with Crippen LogP contribution in [0.5, 0.6) is 0 Å². The summed E-state index contributed by atoms with van der Waals surface area (Å²) in [5.41, 5.74) is -2.30. The first-order chi connectivity index (χ1) is 7.66. The monoisotopic (exact) mass is 398 g/mol. The fraction of sp³-hybridized carbons (Fsp3) is 0.167. The Morgan fingerprint density at radius 2 is 2.06 bits per heavy atom. The van der Waals surface area contributed by atoms with Crippen LogP contribution in [0, 0.1) is 13.7 Å². The molecule has 0 saturated heterocycles. The number of nitro groups is 1. The molecule has 0 N–H and O–H groups in total. The van der Waals surface area contributed by atoms with E-state index in [1.165, 1.54) is 22.6 Å². The Morgan fingerprint density at radius 3 is 2.41 bits per heavy atom. The Kier molecular flexibility index (Phi) is 4.19. The van der Waals surface area contributed by atoms with Gasteiger partial charge in [-0.1, -0.05) is 0 Å². The van der Waals surface area contributed by atoms with Gasteiger partial charge in [0.1, 0.15) is 9.13 Å². The molecule has 6 nitrogen and oxygen atoms in total. The van der Waals surface area contributed by atoms with Crippen LogP contribution in [0.1, 0.15) is 12.0 Å². The average molecular weight is 399 g/mol. The highest BCUT2D eigenvalue weighted by molar-refractivity contribution is 14.1. The lowest BCUT2D eigenvalue weighted by Gasteiger charge is -2.06. The topological polar surface area (TPSA) is 90.2 Å². The van der Waals surface area contributed by atoms with Crippen LogP contribution in [0.3, 0.4) is 0 Å². The second-order valence-electron chi connectivity index (χ2n) is 2.67. The Labute approximate surface area is 112 Å². The van der Waals surface area contributed by atoms with Crippen molar-refractivity contribution >= 4 is 48.0 Å². The van der Waals surface area contributed by atoms with Crippen molar-refractivity contribution in [2.75, 3.05) is 0 Å². The standard InChI is InChI=1S/C6H2ClF2IN2O4S/c7-17(15,16)6-3(5(8)9)4(12(13)14)2(10)1-11-6/h1,5H. The van der Waals surface area contributed by atoms with E-state index >= 15 is 0 Å². The highest BCUT2D eigenvalue weighted by Crippen LogP contribution is 2.37. The molecule has 0 fully saturated rings. The largest absolute Gasteiger partial charge is 0.296 e. The first-order valence-corrected chi connectivity index (χ1v) is 7.10. The Morgan fingerprint density at radius 1 is 1.53 bits per heavy atom. The first kappa shape index (κ1) is 14.4. The van der Waals surface area contributed by atoms with Gasteiger partial charge in [0.25, 0.3) is 21.2 Å². The fourth-order valence-corrected chi connectivity index (χ4v) is 2.68. The summed E-state index contributed by atoms with van der Waals surface area (Å²) < 4.78 is 47.2. The van der Waals surface area contributed by atoms with Gasteiger partial charge in [-0.15, -0.1) is 0 Å². The molecule has 17 heavy (non-hydrogen) atoms. The van der Waals surface area contributed by atoms with E-state index in [0.29, 0.717) is 0 Å². The van der Waals surface area contributed by atoms with Gasteiger partial charge in [-0.25, -0.2) is 22.2 Å². The number of hydrogen-bond donors (Lipinski definition) is 0. The molecule has 0 aliphatic rings. The highest BCUT2D eigenvalue weighted by atomic mass is 127. The summed E-state index contributed by atoms with van der Waals surface area (Å²) in [5.74, 6) is 0. The van der Waals surface area contributed by atoms with Gasteiger partial charge >= 0.3 is 0 Å². The third-order valence-electron chi connectivity index (χ3n) is 1.64. The van der Waals surface area contributed by atoms with E-state index < -0.39 is 36.7 Å². The van der Waals surface area contributed by atoms with E-state index in [1.54, 1.807) is 0 Å². The zero-order chi connectivity index (χ0) is 13.4. The highest BCUT2D eigenvalue weighted by Gasteiger charge is 2.34. The van der Waals surface area contributed by atoms with Gasteiger partial charge in [0, 0.05) is 16.9 Å². The molecule has 1 aromatic heterocycles. The number of rotatable bonds is 3. The lowest BCUT2D eigenvalue weighted by Crippen LogP contribution is -2.08.